The molecule has 110 valence electrons. The van der Waals surface area contributed by atoms with Crippen molar-refractivity contribution >= 4 is 5.97 Å². The number of carboxylic acids is 1. The summed E-state index contributed by atoms with van der Waals surface area (Å²) in [6.45, 7) is 0. The van der Waals surface area contributed by atoms with Crippen LogP contribution in [0.4, 0.5) is 13.2 Å². The molecule has 0 bridgehead atoms. The summed E-state index contributed by atoms with van der Waals surface area (Å²) in [5.41, 5.74) is 0.243. The topological polar surface area (TPSA) is 37.3 Å². The van der Waals surface area contributed by atoms with Crippen molar-refractivity contribution in [3.05, 3.63) is 35.4 Å². The van der Waals surface area contributed by atoms with E-state index in [0.29, 0.717) is 0 Å². The van der Waals surface area contributed by atoms with E-state index >= 15 is 0 Å². The molecule has 1 aromatic rings. The predicted octanol–water partition coefficient (Wildman–Crippen LogP) is 4.45. The van der Waals surface area contributed by atoms with Gasteiger partial charge in [0, 0.05) is 6.42 Å². The third-order valence-corrected chi connectivity index (χ3v) is 3.96. The molecule has 0 heterocycles. The van der Waals surface area contributed by atoms with Gasteiger partial charge in [-0.3, -0.25) is 4.79 Å². The second-order valence-electron chi connectivity index (χ2n) is 5.45. The standard InChI is InChI=1S/C15H17F3O2/c16-15(17,18)13-6-4-11(5-7-13)12-3-1-2-10(8-12)9-14(19)20/h4-7,10,12H,1-3,8-9H2,(H,19,20)/t10-,12-/m0/s1. The van der Waals surface area contributed by atoms with Crippen LogP contribution in [0.1, 0.15) is 49.1 Å². The number of alkyl halides is 3. The number of aliphatic carboxylic acids is 1. The largest absolute Gasteiger partial charge is 0.481 e. The van der Waals surface area contributed by atoms with Crippen LogP contribution in [0.25, 0.3) is 0 Å². The smallest absolute Gasteiger partial charge is 0.416 e. The third kappa shape index (κ3) is 3.74. The highest BCUT2D eigenvalue weighted by Gasteiger charge is 2.31. The Labute approximate surface area is 115 Å². The highest BCUT2D eigenvalue weighted by molar-refractivity contribution is 5.67. The highest BCUT2D eigenvalue weighted by atomic mass is 19.4. The summed E-state index contributed by atoms with van der Waals surface area (Å²) in [6.07, 6.45) is -0.666. The van der Waals surface area contributed by atoms with Crippen LogP contribution in [-0.4, -0.2) is 11.1 Å². The monoisotopic (exact) mass is 286 g/mol. The summed E-state index contributed by atoms with van der Waals surface area (Å²) < 4.78 is 37.5. The molecule has 0 spiro atoms. The van der Waals surface area contributed by atoms with Gasteiger partial charge in [-0.2, -0.15) is 13.2 Å². The molecule has 0 radical (unpaired) electrons. The van der Waals surface area contributed by atoms with E-state index in [4.69, 9.17) is 5.11 Å². The zero-order valence-electron chi connectivity index (χ0n) is 11.0. The molecule has 2 nitrogen and oxygen atoms in total. The Hall–Kier alpha value is -1.52. The van der Waals surface area contributed by atoms with E-state index in [-0.39, 0.29) is 18.3 Å². The van der Waals surface area contributed by atoms with E-state index in [1.165, 1.54) is 12.1 Å². The molecule has 5 heteroatoms. The van der Waals surface area contributed by atoms with Crippen LogP contribution in [0, 0.1) is 5.92 Å². The first-order valence-corrected chi connectivity index (χ1v) is 6.75. The van der Waals surface area contributed by atoms with Crippen LogP contribution in [0.3, 0.4) is 0 Å². The number of halogens is 3. The molecular weight excluding hydrogens is 269 g/mol. The number of carboxylic acid groups (broad SMARTS) is 1. The molecular formula is C15H17F3O2. The summed E-state index contributed by atoms with van der Waals surface area (Å²) >= 11 is 0. The van der Waals surface area contributed by atoms with Crippen LogP contribution in [0.15, 0.2) is 24.3 Å². The Morgan fingerprint density at radius 1 is 1.20 bits per heavy atom. The molecule has 0 saturated heterocycles. The lowest BCUT2D eigenvalue weighted by Crippen LogP contribution is -2.17. The van der Waals surface area contributed by atoms with Crippen LogP contribution in [0.5, 0.6) is 0 Å². The van der Waals surface area contributed by atoms with E-state index in [0.717, 1.165) is 43.4 Å². The molecule has 0 unspecified atom stereocenters. The lowest BCUT2D eigenvalue weighted by Gasteiger charge is -2.28. The van der Waals surface area contributed by atoms with Crippen molar-refractivity contribution in [3.63, 3.8) is 0 Å². The van der Waals surface area contributed by atoms with Gasteiger partial charge in [-0.1, -0.05) is 18.6 Å². The van der Waals surface area contributed by atoms with Gasteiger partial charge in [0.05, 0.1) is 5.56 Å². The van der Waals surface area contributed by atoms with Crippen LogP contribution in [-0.2, 0) is 11.0 Å². The normalized spacial score (nSPS) is 23.6. The van der Waals surface area contributed by atoms with Gasteiger partial charge < -0.3 is 5.11 Å². The SMILES string of the molecule is O=C(O)C[C@H]1CCC[C@H](c2ccc(C(F)(F)F)cc2)C1. The van der Waals surface area contributed by atoms with Gasteiger partial charge in [0.2, 0.25) is 0 Å². The lowest BCUT2D eigenvalue weighted by atomic mass is 9.77. The highest BCUT2D eigenvalue weighted by Crippen LogP contribution is 2.38. The van der Waals surface area contributed by atoms with Gasteiger partial charge in [0.25, 0.3) is 0 Å². The predicted molar refractivity (Wildman–Crippen MR) is 68.4 cm³/mol. The van der Waals surface area contributed by atoms with Crippen molar-refractivity contribution in [1.29, 1.82) is 0 Å². The maximum absolute atomic E-state index is 12.5. The second-order valence-corrected chi connectivity index (χ2v) is 5.45. The first-order valence-electron chi connectivity index (χ1n) is 6.75. The molecule has 20 heavy (non-hydrogen) atoms. The molecule has 0 amide bonds. The molecule has 2 atom stereocenters. The number of hydrogen-bond acceptors (Lipinski definition) is 1. The van der Waals surface area contributed by atoms with E-state index in [1.54, 1.807) is 0 Å². The minimum Gasteiger partial charge on any atom is -0.481 e. The summed E-state index contributed by atoms with van der Waals surface area (Å²) in [5, 5.41) is 8.82. The molecule has 1 saturated carbocycles. The Balaban J connectivity index is 2.05. The molecule has 1 aromatic carbocycles. The quantitative estimate of drug-likeness (QED) is 0.891. The minimum absolute atomic E-state index is 0.133. The zero-order valence-corrected chi connectivity index (χ0v) is 11.0. The fourth-order valence-electron chi connectivity index (χ4n) is 2.97. The maximum atomic E-state index is 12.5. The first-order chi connectivity index (χ1) is 9.36. The number of carbonyl (C=O) groups is 1. The summed E-state index contributed by atoms with van der Waals surface area (Å²) in [7, 11) is 0. The average Bonchev–Trinajstić information content (AvgIpc) is 2.37. The Kier molecular flexibility index (Phi) is 4.35. The third-order valence-electron chi connectivity index (χ3n) is 3.96. The Morgan fingerprint density at radius 2 is 1.85 bits per heavy atom. The van der Waals surface area contributed by atoms with E-state index < -0.39 is 17.7 Å². The van der Waals surface area contributed by atoms with Gasteiger partial charge in [0.1, 0.15) is 0 Å². The van der Waals surface area contributed by atoms with Crippen molar-refractivity contribution < 1.29 is 23.1 Å². The fourth-order valence-corrected chi connectivity index (χ4v) is 2.97. The van der Waals surface area contributed by atoms with Crippen molar-refractivity contribution in [3.8, 4) is 0 Å². The van der Waals surface area contributed by atoms with Gasteiger partial charge >= 0.3 is 12.1 Å². The maximum Gasteiger partial charge on any atom is 0.416 e. The van der Waals surface area contributed by atoms with Crippen molar-refractivity contribution in [1.82, 2.24) is 0 Å². The van der Waals surface area contributed by atoms with Crippen molar-refractivity contribution in [2.24, 2.45) is 5.92 Å². The van der Waals surface area contributed by atoms with Crippen molar-refractivity contribution in [2.75, 3.05) is 0 Å². The second kappa shape index (κ2) is 5.85. The number of rotatable bonds is 3. The molecule has 0 aliphatic heterocycles. The minimum atomic E-state index is -4.31. The van der Waals surface area contributed by atoms with Gasteiger partial charge in [-0.05, 0) is 48.8 Å². The lowest BCUT2D eigenvalue weighted by molar-refractivity contribution is -0.139. The molecule has 1 fully saturated rings. The number of hydrogen-bond donors (Lipinski definition) is 1. The number of benzene rings is 1. The van der Waals surface area contributed by atoms with Crippen LogP contribution < -0.4 is 0 Å². The van der Waals surface area contributed by atoms with Gasteiger partial charge in [0.15, 0.2) is 0 Å². The molecule has 1 aliphatic rings. The van der Waals surface area contributed by atoms with E-state index in [9.17, 15) is 18.0 Å². The van der Waals surface area contributed by atoms with E-state index in [1.807, 2.05) is 0 Å². The van der Waals surface area contributed by atoms with Crippen LogP contribution >= 0.6 is 0 Å². The first kappa shape index (κ1) is 14.9. The molecule has 2 rings (SSSR count). The summed E-state index contributed by atoms with van der Waals surface area (Å²) in [5.74, 6) is -0.494. The Bertz CT molecular complexity index is 465. The molecule has 1 aliphatic carbocycles. The molecule has 1 N–H and O–H groups in total. The Morgan fingerprint density at radius 3 is 2.40 bits per heavy atom. The summed E-state index contributed by atoms with van der Waals surface area (Å²) in [6, 6.07) is 5.26. The van der Waals surface area contributed by atoms with Crippen LogP contribution in [0.2, 0.25) is 0 Å². The van der Waals surface area contributed by atoms with Gasteiger partial charge in [-0.15, -0.1) is 0 Å². The fraction of sp³-hybridized carbons (Fsp3) is 0.533. The molecule has 0 aromatic heterocycles. The summed E-state index contributed by atoms with van der Waals surface area (Å²) in [4.78, 5) is 10.7. The average molecular weight is 286 g/mol. The van der Waals surface area contributed by atoms with Crippen molar-refractivity contribution in [2.45, 2.75) is 44.2 Å². The zero-order chi connectivity index (χ0) is 14.8. The van der Waals surface area contributed by atoms with E-state index in [2.05, 4.69) is 0 Å². The van der Waals surface area contributed by atoms with Gasteiger partial charge in [-0.25, -0.2) is 0 Å².